The van der Waals surface area contributed by atoms with Crippen LogP contribution in [0.25, 0.3) is 5.65 Å². The van der Waals surface area contributed by atoms with Crippen LogP contribution in [0, 0.1) is 5.82 Å². The van der Waals surface area contributed by atoms with Gasteiger partial charge >= 0.3 is 0 Å². The molecule has 2 heterocycles. The van der Waals surface area contributed by atoms with Crippen LogP contribution in [0.5, 0.6) is 0 Å². The molecular formula is C12H17FN4O. The van der Waals surface area contributed by atoms with Crippen molar-refractivity contribution in [2.45, 2.75) is 38.8 Å². The van der Waals surface area contributed by atoms with Crippen molar-refractivity contribution in [2.24, 2.45) is 0 Å². The van der Waals surface area contributed by atoms with E-state index in [1.54, 1.807) is 19.9 Å². The van der Waals surface area contributed by atoms with E-state index in [1.807, 2.05) is 13.8 Å². The van der Waals surface area contributed by atoms with E-state index in [-0.39, 0.29) is 5.82 Å². The number of fused-ring (bicyclic) bond motifs is 1. The molecule has 2 N–H and O–H groups in total. The van der Waals surface area contributed by atoms with E-state index >= 15 is 0 Å². The van der Waals surface area contributed by atoms with E-state index in [4.69, 9.17) is 0 Å². The van der Waals surface area contributed by atoms with Gasteiger partial charge in [-0.2, -0.15) is 4.98 Å². The number of halogens is 1. The lowest BCUT2D eigenvalue weighted by atomic mass is 9.86. The van der Waals surface area contributed by atoms with Crippen LogP contribution in [-0.2, 0) is 0 Å². The summed E-state index contributed by atoms with van der Waals surface area (Å²) in [5.41, 5.74) is -1.02. The van der Waals surface area contributed by atoms with Gasteiger partial charge in [-0.3, -0.25) is 0 Å². The highest BCUT2D eigenvalue weighted by molar-refractivity contribution is 5.44. The molecule has 0 radical (unpaired) electrons. The smallest absolute Gasteiger partial charge is 0.243 e. The predicted octanol–water partition coefficient (Wildman–Crippen LogP) is 1.83. The highest BCUT2D eigenvalue weighted by atomic mass is 19.1. The number of hydrogen-bond acceptors (Lipinski definition) is 4. The van der Waals surface area contributed by atoms with E-state index in [0.717, 1.165) is 0 Å². The first kappa shape index (κ1) is 12.8. The molecule has 0 aromatic carbocycles. The van der Waals surface area contributed by atoms with Gasteiger partial charge in [0, 0.05) is 0 Å². The summed E-state index contributed by atoms with van der Waals surface area (Å²) in [6.45, 7) is 7.10. The normalized spacial score (nSPS) is 13.0. The Bertz CT molecular complexity index is 571. The number of pyridine rings is 1. The van der Waals surface area contributed by atoms with Crippen molar-refractivity contribution < 1.29 is 9.50 Å². The van der Waals surface area contributed by atoms with Gasteiger partial charge in [-0.25, -0.2) is 8.91 Å². The molecule has 5 nitrogen and oxygen atoms in total. The van der Waals surface area contributed by atoms with Crippen LogP contribution < -0.4 is 5.32 Å². The molecule has 0 fully saturated rings. The summed E-state index contributed by atoms with van der Waals surface area (Å²) in [5, 5.41) is 17.2. The van der Waals surface area contributed by atoms with Gasteiger partial charge in [0.25, 0.3) is 0 Å². The summed E-state index contributed by atoms with van der Waals surface area (Å²) >= 11 is 0. The molecule has 18 heavy (non-hydrogen) atoms. The summed E-state index contributed by atoms with van der Waals surface area (Å²) in [4.78, 5) is 4.22. The van der Waals surface area contributed by atoms with E-state index in [0.29, 0.717) is 11.6 Å². The van der Waals surface area contributed by atoms with Crippen molar-refractivity contribution in [3.05, 3.63) is 24.1 Å². The number of rotatable bonds is 3. The first-order valence-electron chi connectivity index (χ1n) is 5.71. The lowest BCUT2D eigenvalue weighted by Crippen LogP contribution is -2.51. The topological polar surface area (TPSA) is 62.5 Å². The largest absolute Gasteiger partial charge is 0.388 e. The Kier molecular flexibility index (Phi) is 2.77. The Morgan fingerprint density at radius 3 is 2.56 bits per heavy atom. The number of aliphatic hydroxyl groups is 1. The average molecular weight is 252 g/mol. The molecule has 2 rings (SSSR count). The van der Waals surface area contributed by atoms with E-state index in [1.165, 1.54) is 16.8 Å². The van der Waals surface area contributed by atoms with Crippen LogP contribution in [0.2, 0.25) is 0 Å². The Labute approximate surface area is 105 Å². The number of hydrogen-bond donors (Lipinski definition) is 2. The second kappa shape index (κ2) is 3.91. The predicted molar refractivity (Wildman–Crippen MR) is 66.9 cm³/mol. The van der Waals surface area contributed by atoms with Crippen molar-refractivity contribution in [1.82, 2.24) is 14.6 Å². The van der Waals surface area contributed by atoms with Crippen LogP contribution in [0.1, 0.15) is 27.7 Å². The maximum Gasteiger partial charge on any atom is 0.243 e. The molecule has 0 aliphatic heterocycles. The van der Waals surface area contributed by atoms with Crippen molar-refractivity contribution in [2.75, 3.05) is 5.32 Å². The van der Waals surface area contributed by atoms with Gasteiger partial charge < -0.3 is 10.4 Å². The molecule has 0 saturated carbocycles. The molecule has 0 spiro atoms. The first-order valence-corrected chi connectivity index (χ1v) is 5.71. The zero-order valence-electron chi connectivity index (χ0n) is 10.9. The fraction of sp³-hybridized carbons (Fsp3) is 0.500. The summed E-state index contributed by atoms with van der Waals surface area (Å²) in [5.74, 6) is -0.0200. The Morgan fingerprint density at radius 2 is 1.94 bits per heavy atom. The second-order valence-corrected chi connectivity index (χ2v) is 5.39. The summed E-state index contributed by atoms with van der Waals surface area (Å²) in [6, 6.07) is 2.87. The molecule has 0 bridgehead atoms. The summed E-state index contributed by atoms with van der Waals surface area (Å²) in [7, 11) is 0. The minimum Gasteiger partial charge on any atom is -0.388 e. The molecular weight excluding hydrogens is 235 g/mol. The minimum absolute atomic E-state index is 0.354. The monoisotopic (exact) mass is 252 g/mol. The molecule has 2 aromatic heterocycles. The van der Waals surface area contributed by atoms with Gasteiger partial charge in [0.2, 0.25) is 5.95 Å². The van der Waals surface area contributed by atoms with Crippen LogP contribution >= 0.6 is 0 Å². The van der Waals surface area contributed by atoms with Crippen LogP contribution in [0.15, 0.2) is 18.3 Å². The average Bonchev–Trinajstić information content (AvgIpc) is 2.56. The molecule has 0 atom stereocenters. The maximum atomic E-state index is 13.0. The standard InChI is InChI=1S/C12H17FN4O/c1-11(2,12(3,4)18)15-10-14-9-6-5-8(13)7-17(9)16-10/h5-7,18H,1-4H3,(H,15,16). The minimum atomic E-state index is -0.949. The van der Waals surface area contributed by atoms with Crippen LogP contribution in [-0.4, -0.2) is 30.8 Å². The third-order valence-corrected chi connectivity index (χ3v) is 3.25. The second-order valence-electron chi connectivity index (χ2n) is 5.39. The Morgan fingerprint density at radius 1 is 1.28 bits per heavy atom. The molecule has 0 amide bonds. The Balaban J connectivity index is 2.33. The van der Waals surface area contributed by atoms with Gasteiger partial charge in [-0.1, -0.05) is 0 Å². The van der Waals surface area contributed by atoms with E-state index < -0.39 is 11.1 Å². The quantitative estimate of drug-likeness (QED) is 0.874. The molecule has 0 saturated heterocycles. The van der Waals surface area contributed by atoms with E-state index in [9.17, 15) is 9.50 Å². The third kappa shape index (κ3) is 2.28. The first-order chi connectivity index (χ1) is 8.19. The molecule has 98 valence electrons. The fourth-order valence-corrected chi connectivity index (χ4v) is 1.34. The number of anilines is 1. The van der Waals surface area contributed by atoms with Crippen molar-refractivity contribution in [3.8, 4) is 0 Å². The van der Waals surface area contributed by atoms with Gasteiger partial charge in [-0.15, -0.1) is 5.10 Å². The van der Waals surface area contributed by atoms with Crippen molar-refractivity contribution in [3.63, 3.8) is 0 Å². The highest BCUT2D eigenvalue weighted by Gasteiger charge is 2.35. The molecule has 6 heteroatoms. The molecule has 0 unspecified atom stereocenters. The summed E-state index contributed by atoms with van der Waals surface area (Å²) < 4.78 is 14.4. The lowest BCUT2D eigenvalue weighted by molar-refractivity contribution is 0.0237. The van der Waals surface area contributed by atoms with Gasteiger partial charge in [0.05, 0.1) is 17.3 Å². The van der Waals surface area contributed by atoms with Gasteiger partial charge in [0.15, 0.2) is 5.65 Å². The zero-order chi connectivity index (χ0) is 13.6. The lowest BCUT2D eigenvalue weighted by Gasteiger charge is -2.37. The molecule has 0 aliphatic rings. The van der Waals surface area contributed by atoms with Crippen LogP contribution in [0.3, 0.4) is 0 Å². The summed E-state index contributed by atoms with van der Waals surface area (Å²) in [6.07, 6.45) is 1.25. The maximum absolute atomic E-state index is 13.0. The third-order valence-electron chi connectivity index (χ3n) is 3.25. The van der Waals surface area contributed by atoms with E-state index in [2.05, 4.69) is 15.4 Å². The number of nitrogens with one attached hydrogen (secondary N) is 1. The number of nitrogens with zero attached hydrogens (tertiary/aromatic N) is 3. The van der Waals surface area contributed by atoms with Gasteiger partial charge in [0.1, 0.15) is 5.82 Å². The van der Waals surface area contributed by atoms with Crippen LogP contribution in [0.4, 0.5) is 10.3 Å². The highest BCUT2D eigenvalue weighted by Crippen LogP contribution is 2.24. The van der Waals surface area contributed by atoms with Crippen molar-refractivity contribution in [1.29, 1.82) is 0 Å². The number of aromatic nitrogens is 3. The van der Waals surface area contributed by atoms with Crippen molar-refractivity contribution >= 4 is 11.6 Å². The zero-order valence-corrected chi connectivity index (χ0v) is 10.9. The Hall–Kier alpha value is -1.69. The molecule has 0 aliphatic carbocycles. The van der Waals surface area contributed by atoms with Gasteiger partial charge in [-0.05, 0) is 39.8 Å². The molecule has 2 aromatic rings. The fourth-order valence-electron chi connectivity index (χ4n) is 1.34. The SMILES string of the molecule is CC(C)(O)C(C)(C)Nc1nc2ccc(F)cn2n1.